The smallest absolute Gasteiger partial charge is 0.240 e. The monoisotopic (exact) mass is 348 g/mol. The van der Waals surface area contributed by atoms with Gasteiger partial charge in [-0.2, -0.15) is 0 Å². The summed E-state index contributed by atoms with van der Waals surface area (Å²) in [5.41, 5.74) is -0.0685. The lowest BCUT2D eigenvalue weighted by Gasteiger charge is -2.26. The van der Waals surface area contributed by atoms with Crippen molar-refractivity contribution in [3.05, 3.63) is 48.0 Å². The second-order valence-electron chi connectivity index (χ2n) is 6.76. The Hall–Kier alpha value is -1.92. The maximum Gasteiger partial charge on any atom is 0.240 e. The highest BCUT2D eigenvalue weighted by Gasteiger charge is 2.31. The van der Waals surface area contributed by atoms with E-state index in [1.165, 1.54) is 5.39 Å². The van der Waals surface area contributed by atoms with Crippen molar-refractivity contribution in [3.63, 3.8) is 0 Å². The molecule has 0 spiro atoms. The molecule has 0 fully saturated rings. The molecule has 6 heteroatoms. The SMILES string of the molecule is C[C@H](Cc1ccc2ccccc2c1)NC(=O)C(C)(C)NS(C)(=O)=O. The van der Waals surface area contributed by atoms with Gasteiger partial charge >= 0.3 is 0 Å². The Morgan fingerprint density at radius 3 is 2.38 bits per heavy atom. The Balaban J connectivity index is 2.03. The maximum absolute atomic E-state index is 12.3. The zero-order valence-electron chi connectivity index (χ0n) is 14.5. The third-order valence-corrected chi connectivity index (χ3v) is 4.62. The summed E-state index contributed by atoms with van der Waals surface area (Å²) in [5.74, 6) is -0.346. The van der Waals surface area contributed by atoms with E-state index in [0.29, 0.717) is 6.42 Å². The van der Waals surface area contributed by atoms with Crippen LogP contribution < -0.4 is 10.0 Å². The number of hydrogen-bond acceptors (Lipinski definition) is 3. The van der Waals surface area contributed by atoms with Crippen LogP contribution in [0.15, 0.2) is 42.5 Å². The molecule has 0 saturated carbocycles. The van der Waals surface area contributed by atoms with Crippen molar-refractivity contribution in [2.75, 3.05) is 6.26 Å². The van der Waals surface area contributed by atoms with Gasteiger partial charge in [0, 0.05) is 6.04 Å². The van der Waals surface area contributed by atoms with Crippen molar-refractivity contribution in [2.45, 2.75) is 38.8 Å². The normalized spacial score (nSPS) is 13.7. The molecular weight excluding hydrogens is 324 g/mol. The molecule has 2 aromatic carbocycles. The van der Waals surface area contributed by atoms with E-state index in [1.54, 1.807) is 13.8 Å². The van der Waals surface area contributed by atoms with E-state index in [-0.39, 0.29) is 11.9 Å². The van der Waals surface area contributed by atoms with Gasteiger partial charge in [-0.3, -0.25) is 4.79 Å². The maximum atomic E-state index is 12.3. The molecule has 0 radical (unpaired) electrons. The first kappa shape index (κ1) is 18.4. The van der Waals surface area contributed by atoms with Gasteiger partial charge in [-0.15, -0.1) is 0 Å². The lowest BCUT2D eigenvalue weighted by Crippen LogP contribution is -2.56. The lowest BCUT2D eigenvalue weighted by molar-refractivity contribution is -0.126. The highest BCUT2D eigenvalue weighted by molar-refractivity contribution is 7.88. The van der Waals surface area contributed by atoms with Gasteiger partial charge in [0.05, 0.1) is 6.26 Å². The van der Waals surface area contributed by atoms with E-state index < -0.39 is 15.6 Å². The second kappa shape index (κ2) is 6.91. The van der Waals surface area contributed by atoms with Crippen molar-refractivity contribution in [1.29, 1.82) is 0 Å². The number of carbonyl (C=O) groups is 1. The number of rotatable bonds is 6. The average molecular weight is 348 g/mol. The number of benzene rings is 2. The van der Waals surface area contributed by atoms with Crippen molar-refractivity contribution in [1.82, 2.24) is 10.0 Å². The summed E-state index contributed by atoms with van der Waals surface area (Å²) in [5, 5.41) is 5.21. The van der Waals surface area contributed by atoms with E-state index in [2.05, 4.69) is 34.3 Å². The minimum atomic E-state index is -3.46. The average Bonchev–Trinajstić information content (AvgIpc) is 2.44. The predicted molar refractivity (Wildman–Crippen MR) is 97.3 cm³/mol. The van der Waals surface area contributed by atoms with Crippen molar-refractivity contribution < 1.29 is 13.2 Å². The summed E-state index contributed by atoms with van der Waals surface area (Å²) in [6.07, 6.45) is 1.71. The molecule has 0 aliphatic heterocycles. The fraction of sp³-hybridized carbons (Fsp3) is 0.389. The van der Waals surface area contributed by atoms with Gasteiger partial charge in [0.15, 0.2) is 0 Å². The summed E-state index contributed by atoms with van der Waals surface area (Å²) < 4.78 is 25.1. The van der Waals surface area contributed by atoms with Crippen LogP contribution in [0.1, 0.15) is 26.3 Å². The van der Waals surface area contributed by atoms with E-state index in [0.717, 1.165) is 17.2 Å². The molecular formula is C18H24N2O3S. The highest BCUT2D eigenvalue weighted by Crippen LogP contribution is 2.17. The van der Waals surface area contributed by atoms with Gasteiger partial charge in [-0.25, -0.2) is 13.1 Å². The minimum absolute atomic E-state index is 0.112. The lowest BCUT2D eigenvalue weighted by atomic mass is 10.0. The van der Waals surface area contributed by atoms with E-state index in [4.69, 9.17) is 0 Å². The van der Waals surface area contributed by atoms with Gasteiger partial charge in [0.1, 0.15) is 5.54 Å². The Kier molecular flexibility index (Phi) is 5.30. The summed E-state index contributed by atoms with van der Waals surface area (Å²) in [4.78, 5) is 12.3. The van der Waals surface area contributed by atoms with Crippen LogP contribution in [0.2, 0.25) is 0 Å². The van der Waals surface area contributed by atoms with Crippen molar-refractivity contribution in [2.24, 2.45) is 0 Å². The standard InChI is InChI=1S/C18H24N2O3S/c1-13(19-17(21)18(2,3)20-24(4,22)23)11-14-9-10-15-7-5-6-8-16(15)12-14/h5-10,12-13,20H,11H2,1-4H3,(H,19,21)/t13-/m1/s1. The summed E-state index contributed by atoms with van der Waals surface area (Å²) in [7, 11) is -3.46. The molecule has 0 unspecified atom stereocenters. The largest absolute Gasteiger partial charge is 0.352 e. The third kappa shape index (κ3) is 5.04. The summed E-state index contributed by atoms with van der Waals surface area (Å²) in [6.45, 7) is 5.00. The first-order valence-electron chi connectivity index (χ1n) is 7.84. The quantitative estimate of drug-likeness (QED) is 0.840. The topological polar surface area (TPSA) is 75.3 Å². The van der Waals surface area contributed by atoms with Crippen molar-refractivity contribution >= 4 is 26.7 Å². The number of nitrogens with one attached hydrogen (secondary N) is 2. The number of hydrogen-bond donors (Lipinski definition) is 2. The molecule has 2 aromatic rings. The molecule has 1 atom stereocenters. The first-order chi connectivity index (χ1) is 11.1. The first-order valence-corrected chi connectivity index (χ1v) is 9.73. The molecule has 0 heterocycles. The number of sulfonamides is 1. The number of amides is 1. The van der Waals surface area contributed by atoms with E-state index >= 15 is 0 Å². The Bertz CT molecular complexity index is 844. The van der Waals surface area contributed by atoms with Crippen LogP contribution in [0.5, 0.6) is 0 Å². The summed E-state index contributed by atoms with van der Waals surface area (Å²) >= 11 is 0. The minimum Gasteiger partial charge on any atom is -0.352 e. The van der Waals surface area contributed by atoms with Crippen LogP contribution in [0.25, 0.3) is 10.8 Å². The number of carbonyl (C=O) groups excluding carboxylic acids is 1. The molecule has 5 nitrogen and oxygen atoms in total. The van der Waals surface area contributed by atoms with E-state index in [9.17, 15) is 13.2 Å². The molecule has 0 aliphatic rings. The Labute approximate surface area is 143 Å². The van der Waals surface area contributed by atoms with Gasteiger partial charge in [-0.1, -0.05) is 42.5 Å². The fourth-order valence-electron chi connectivity index (χ4n) is 2.68. The van der Waals surface area contributed by atoms with Gasteiger partial charge in [0.25, 0.3) is 0 Å². The van der Waals surface area contributed by atoms with Gasteiger partial charge in [0.2, 0.25) is 15.9 Å². The predicted octanol–water partition coefficient (Wildman–Crippen LogP) is 2.21. The molecule has 2 rings (SSSR count). The Morgan fingerprint density at radius 2 is 1.75 bits per heavy atom. The van der Waals surface area contributed by atoms with Crippen LogP contribution in [-0.4, -0.2) is 32.2 Å². The molecule has 0 saturated heterocycles. The molecule has 0 bridgehead atoms. The third-order valence-electron chi connectivity index (χ3n) is 3.74. The van der Waals surface area contributed by atoms with Gasteiger partial charge < -0.3 is 5.32 Å². The number of fused-ring (bicyclic) bond motifs is 1. The zero-order valence-corrected chi connectivity index (χ0v) is 15.3. The van der Waals surface area contributed by atoms with Gasteiger partial charge in [-0.05, 0) is 43.5 Å². The van der Waals surface area contributed by atoms with Crippen LogP contribution >= 0.6 is 0 Å². The van der Waals surface area contributed by atoms with Crippen LogP contribution in [-0.2, 0) is 21.2 Å². The molecule has 24 heavy (non-hydrogen) atoms. The second-order valence-corrected chi connectivity index (χ2v) is 8.51. The molecule has 1 amide bonds. The molecule has 0 aliphatic carbocycles. The summed E-state index contributed by atoms with van der Waals surface area (Å²) in [6, 6.07) is 14.2. The highest BCUT2D eigenvalue weighted by atomic mass is 32.2. The zero-order chi connectivity index (χ0) is 18.0. The van der Waals surface area contributed by atoms with Crippen molar-refractivity contribution in [3.8, 4) is 0 Å². The molecule has 0 aromatic heterocycles. The molecule has 2 N–H and O–H groups in total. The Morgan fingerprint density at radius 1 is 1.12 bits per heavy atom. The van der Waals surface area contributed by atoms with Crippen LogP contribution in [0.4, 0.5) is 0 Å². The van der Waals surface area contributed by atoms with Crippen LogP contribution in [0, 0.1) is 0 Å². The molecule has 130 valence electrons. The van der Waals surface area contributed by atoms with Crippen LogP contribution in [0.3, 0.4) is 0 Å². The fourth-order valence-corrected chi connectivity index (χ4v) is 3.70. The van der Waals surface area contributed by atoms with E-state index in [1.807, 2.05) is 25.1 Å².